The van der Waals surface area contributed by atoms with Gasteiger partial charge in [0.05, 0.1) is 35.0 Å². The van der Waals surface area contributed by atoms with Crippen molar-refractivity contribution in [2.24, 2.45) is 5.92 Å². The number of rotatable bonds is 8. The van der Waals surface area contributed by atoms with Gasteiger partial charge < -0.3 is 20.9 Å². The zero-order chi connectivity index (χ0) is 26.3. The SMILES string of the molecule is Cc1ncc(Nc2cc(F)cc(N3CCCCC3)c2)cc1C(=O)Nc1ccc(NCC2CCCCC2)nc1. The Hall–Kier alpha value is -3.68. The molecule has 1 aliphatic heterocycles. The van der Waals surface area contributed by atoms with Crippen LogP contribution in [0.25, 0.3) is 0 Å². The predicted molar refractivity (Wildman–Crippen MR) is 152 cm³/mol. The third-order valence-corrected chi connectivity index (χ3v) is 7.54. The van der Waals surface area contributed by atoms with E-state index in [1.54, 1.807) is 31.5 Å². The third-order valence-electron chi connectivity index (χ3n) is 7.54. The van der Waals surface area contributed by atoms with Crippen LogP contribution in [0.4, 0.5) is 33.0 Å². The van der Waals surface area contributed by atoms with Crippen LogP contribution in [-0.2, 0) is 0 Å². The van der Waals surface area contributed by atoms with Gasteiger partial charge >= 0.3 is 0 Å². The number of hydrogen-bond acceptors (Lipinski definition) is 6. The standard InChI is InChI=1S/C30H37FN6O/c1-21-28(30(38)36-24-10-11-29(34-19-24)33-18-22-8-4-2-5-9-22)17-26(20-32-21)35-25-14-23(31)15-27(16-25)37-12-6-3-7-13-37/h10-11,14-17,19-20,22,35H,2-9,12-13,18H2,1H3,(H,33,34)(H,36,38). The number of piperidine rings is 1. The number of carbonyl (C=O) groups is 1. The van der Waals surface area contributed by atoms with E-state index in [9.17, 15) is 9.18 Å². The van der Waals surface area contributed by atoms with Crippen LogP contribution in [0.5, 0.6) is 0 Å². The minimum absolute atomic E-state index is 0.267. The number of amides is 1. The maximum absolute atomic E-state index is 14.4. The topological polar surface area (TPSA) is 82.2 Å². The molecule has 7 nitrogen and oxygen atoms in total. The number of nitrogens with one attached hydrogen (secondary N) is 3. The molecule has 1 saturated carbocycles. The van der Waals surface area contributed by atoms with Crippen molar-refractivity contribution in [1.29, 1.82) is 0 Å². The fraction of sp³-hybridized carbons (Fsp3) is 0.433. The first-order valence-corrected chi connectivity index (χ1v) is 13.8. The zero-order valence-corrected chi connectivity index (χ0v) is 22.1. The molecule has 3 heterocycles. The molecule has 2 aliphatic rings. The van der Waals surface area contributed by atoms with Crippen LogP contribution >= 0.6 is 0 Å². The third kappa shape index (κ3) is 6.79. The van der Waals surface area contributed by atoms with Crippen molar-refractivity contribution in [3.63, 3.8) is 0 Å². The number of aromatic nitrogens is 2. The normalized spacial score (nSPS) is 16.2. The summed E-state index contributed by atoms with van der Waals surface area (Å²) in [5.41, 5.74) is 3.79. The van der Waals surface area contributed by atoms with Crippen molar-refractivity contribution in [2.45, 2.75) is 58.3 Å². The molecule has 0 radical (unpaired) electrons. The Labute approximate surface area is 224 Å². The minimum Gasteiger partial charge on any atom is -0.371 e. The Morgan fingerprint density at radius 2 is 1.68 bits per heavy atom. The van der Waals surface area contributed by atoms with Crippen molar-refractivity contribution in [2.75, 3.05) is 40.5 Å². The Bertz CT molecular complexity index is 1240. The molecule has 0 atom stereocenters. The molecular weight excluding hydrogens is 479 g/mol. The van der Waals surface area contributed by atoms with Gasteiger partial charge in [-0.1, -0.05) is 19.3 Å². The molecule has 3 N–H and O–H groups in total. The number of benzene rings is 1. The number of hydrogen-bond donors (Lipinski definition) is 3. The first-order chi connectivity index (χ1) is 18.5. The van der Waals surface area contributed by atoms with Gasteiger partial charge in [-0.25, -0.2) is 9.37 Å². The predicted octanol–water partition coefficient (Wildman–Crippen LogP) is 6.90. The van der Waals surface area contributed by atoms with Gasteiger partial charge in [0, 0.05) is 31.0 Å². The lowest BCUT2D eigenvalue weighted by molar-refractivity contribution is 0.102. The summed E-state index contributed by atoms with van der Waals surface area (Å²) >= 11 is 0. The molecule has 0 bridgehead atoms. The monoisotopic (exact) mass is 516 g/mol. The summed E-state index contributed by atoms with van der Waals surface area (Å²) in [4.78, 5) is 24.2. The average molecular weight is 517 g/mol. The van der Waals surface area contributed by atoms with Crippen LogP contribution < -0.4 is 20.9 Å². The maximum Gasteiger partial charge on any atom is 0.257 e. The molecule has 2 aromatic heterocycles. The fourth-order valence-electron chi connectivity index (χ4n) is 5.39. The highest BCUT2D eigenvalue weighted by Gasteiger charge is 2.16. The van der Waals surface area contributed by atoms with Crippen molar-refractivity contribution in [1.82, 2.24) is 9.97 Å². The smallest absolute Gasteiger partial charge is 0.257 e. The molecule has 1 aliphatic carbocycles. The fourth-order valence-corrected chi connectivity index (χ4v) is 5.39. The first-order valence-electron chi connectivity index (χ1n) is 13.8. The lowest BCUT2D eigenvalue weighted by Crippen LogP contribution is -2.29. The summed E-state index contributed by atoms with van der Waals surface area (Å²) in [6, 6.07) is 10.5. The van der Waals surface area contributed by atoms with Gasteiger partial charge in [0.1, 0.15) is 11.6 Å². The molecular formula is C30H37FN6O. The minimum atomic E-state index is -0.294. The number of aryl methyl sites for hydroxylation is 1. The second-order valence-corrected chi connectivity index (χ2v) is 10.5. The number of carbonyl (C=O) groups excluding carboxylic acids is 1. The second kappa shape index (κ2) is 12.2. The molecule has 1 amide bonds. The average Bonchev–Trinajstić information content (AvgIpc) is 2.94. The summed E-state index contributed by atoms with van der Waals surface area (Å²) in [6.45, 7) is 4.61. The van der Waals surface area contributed by atoms with Crippen LogP contribution in [0, 0.1) is 18.7 Å². The lowest BCUT2D eigenvalue weighted by atomic mass is 9.89. The van der Waals surface area contributed by atoms with E-state index in [1.807, 2.05) is 18.2 Å². The summed E-state index contributed by atoms with van der Waals surface area (Å²) in [6.07, 6.45) is 13.3. The highest BCUT2D eigenvalue weighted by Crippen LogP contribution is 2.28. The highest BCUT2D eigenvalue weighted by atomic mass is 19.1. The van der Waals surface area contributed by atoms with Crippen LogP contribution in [0.2, 0.25) is 0 Å². The quantitative estimate of drug-likeness (QED) is 0.302. The van der Waals surface area contributed by atoms with Crippen LogP contribution in [-0.4, -0.2) is 35.5 Å². The summed E-state index contributed by atoms with van der Waals surface area (Å²) in [5, 5.41) is 9.57. The van der Waals surface area contributed by atoms with Gasteiger partial charge in [-0.2, -0.15) is 0 Å². The first kappa shape index (κ1) is 25.9. The van der Waals surface area contributed by atoms with Crippen molar-refractivity contribution < 1.29 is 9.18 Å². The largest absolute Gasteiger partial charge is 0.371 e. The molecule has 200 valence electrons. The van der Waals surface area contributed by atoms with Crippen LogP contribution in [0.3, 0.4) is 0 Å². The second-order valence-electron chi connectivity index (χ2n) is 10.5. The van der Waals surface area contributed by atoms with E-state index < -0.39 is 0 Å². The van der Waals surface area contributed by atoms with E-state index in [1.165, 1.54) is 44.6 Å². The lowest BCUT2D eigenvalue weighted by Gasteiger charge is -2.29. The van der Waals surface area contributed by atoms with E-state index in [4.69, 9.17) is 0 Å². The van der Waals surface area contributed by atoms with Gasteiger partial charge in [-0.3, -0.25) is 9.78 Å². The van der Waals surface area contributed by atoms with E-state index in [0.717, 1.165) is 44.0 Å². The van der Waals surface area contributed by atoms with Gasteiger partial charge in [0.15, 0.2) is 0 Å². The molecule has 0 unspecified atom stereocenters. The molecule has 0 spiro atoms. The van der Waals surface area contributed by atoms with E-state index >= 15 is 0 Å². The number of nitrogens with zero attached hydrogens (tertiary/aromatic N) is 3. The Morgan fingerprint density at radius 1 is 0.921 bits per heavy atom. The van der Waals surface area contributed by atoms with Gasteiger partial charge in [-0.05, 0) is 81.3 Å². The van der Waals surface area contributed by atoms with E-state index in [2.05, 4.69) is 30.8 Å². The van der Waals surface area contributed by atoms with Crippen molar-refractivity contribution >= 4 is 34.5 Å². The molecule has 38 heavy (non-hydrogen) atoms. The summed E-state index contributed by atoms with van der Waals surface area (Å²) in [7, 11) is 0. The maximum atomic E-state index is 14.4. The number of pyridine rings is 2. The summed E-state index contributed by atoms with van der Waals surface area (Å²) < 4.78 is 14.4. The van der Waals surface area contributed by atoms with Gasteiger partial charge in [0.25, 0.3) is 5.91 Å². The molecule has 3 aromatic rings. The van der Waals surface area contributed by atoms with Gasteiger partial charge in [0.2, 0.25) is 0 Å². The highest BCUT2D eigenvalue weighted by molar-refractivity contribution is 6.05. The molecule has 8 heteroatoms. The molecule has 5 rings (SSSR count). The number of halogens is 1. The number of anilines is 5. The Balaban J connectivity index is 1.22. The molecule has 1 saturated heterocycles. The van der Waals surface area contributed by atoms with Crippen molar-refractivity contribution in [3.05, 3.63) is 65.9 Å². The summed E-state index contributed by atoms with van der Waals surface area (Å²) in [5.74, 6) is 0.969. The van der Waals surface area contributed by atoms with Crippen LogP contribution in [0.15, 0.2) is 48.8 Å². The van der Waals surface area contributed by atoms with E-state index in [0.29, 0.717) is 34.2 Å². The van der Waals surface area contributed by atoms with Crippen LogP contribution in [0.1, 0.15) is 67.4 Å². The Morgan fingerprint density at radius 3 is 2.45 bits per heavy atom. The zero-order valence-electron chi connectivity index (χ0n) is 22.1. The molecule has 2 fully saturated rings. The Kier molecular flexibility index (Phi) is 8.36. The van der Waals surface area contributed by atoms with Crippen molar-refractivity contribution in [3.8, 4) is 0 Å². The molecule has 1 aromatic carbocycles. The van der Waals surface area contributed by atoms with Gasteiger partial charge in [-0.15, -0.1) is 0 Å². The van der Waals surface area contributed by atoms with E-state index in [-0.39, 0.29) is 11.7 Å².